The van der Waals surface area contributed by atoms with Crippen LogP contribution >= 0.6 is 0 Å². The molecule has 2 heterocycles. The van der Waals surface area contributed by atoms with Crippen molar-refractivity contribution in [2.45, 2.75) is 57.5 Å². The normalized spacial score (nSPS) is 18.6. The lowest BCUT2D eigenvalue weighted by atomic mass is 9.90. The van der Waals surface area contributed by atoms with Crippen LogP contribution in [-0.4, -0.2) is 38.0 Å². The van der Waals surface area contributed by atoms with Gasteiger partial charge in [0.25, 0.3) is 0 Å². The maximum absolute atomic E-state index is 13.1. The minimum atomic E-state index is -4.97. The van der Waals surface area contributed by atoms with Crippen LogP contribution in [0.25, 0.3) is 0 Å². The van der Waals surface area contributed by atoms with E-state index in [1.165, 1.54) is 4.90 Å². The summed E-state index contributed by atoms with van der Waals surface area (Å²) in [5.41, 5.74) is -1.12. The Morgan fingerprint density at radius 3 is 2.31 bits per heavy atom. The number of anilines is 1. The summed E-state index contributed by atoms with van der Waals surface area (Å²) in [6.07, 6.45) is -10.8. The lowest BCUT2D eigenvalue weighted by Crippen LogP contribution is -2.46. The van der Waals surface area contributed by atoms with E-state index in [0.29, 0.717) is 48.6 Å². The smallest absolute Gasteiger partial charge is 0.416 e. The van der Waals surface area contributed by atoms with Crippen molar-refractivity contribution < 1.29 is 50.1 Å². The van der Waals surface area contributed by atoms with Crippen molar-refractivity contribution in [2.24, 2.45) is 0 Å². The number of benzene rings is 2. The van der Waals surface area contributed by atoms with Crippen molar-refractivity contribution >= 4 is 17.9 Å². The number of carbonyl (C=O) groups is 2. The summed E-state index contributed by atoms with van der Waals surface area (Å²) in [5, 5.41) is 2.69. The highest BCUT2D eigenvalue weighted by atomic mass is 19.4. The second-order valence-electron chi connectivity index (χ2n) is 9.27. The first-order chi connectivity index (χ1) is 18.3. The van der Waals surface area contributed by atoms with Crippen molar-refractivity contribution in [1.29, 1.82) is 0 Å². The van der Waals surface area contributed by atoms with Gasteiger partial charge in [-0.1, -0.05) is 0 Å². The van der Waals surface area contributed by atoms with Crippen molar-refractivity contribution in [3.05, 3.63) is 58.1 Å². The number of hydrogen-bond acceptors (Lipinski definition) is 5. The summed E-state index contributed by atoms with van der Waals surface area (Å²) in [6.45, 7) is 3.67. The summed E-state index contributed by atoms with van der Waals surface area (Å²) in [7, 11) is 0. The molecule has 0 radical (unpaired) electrons. The van der Waals surface area contributed by atoms with Crippen LogP contribution in [0.5, 0.6) is 5.75 Å². The van der Waals surface area contributed by atoms with Crippen LogP contribution in [0.15, 0.2) is 30.3 Å². The van der Waals surface area contributed by atoms with E-state index in [2.05, 4.69) is 5.32 Å². The van der Waals surface area contributed by atoms with Gasteiger partial charge in [-0.3, -0.25) is 4.90 Å². The molecule has 2 amide bonds. The number of ether oxygens (including phenoxy) is 3. The average Bonchev–Trinajstić information content (AvgIpc) is 3.29. The molecule has 0 saturated carbocycles. The van der Waals surface area contributed by atoms with Crippen molar-refractivity contribution in [2.75, 3.05) is 24.7 Å². The Hall–Kier alpha value is -3.64. The first-order valence-corrected chi connectivity index (χ1v) is 12.2. The fourth-order valence-electron chi connectivity index (χ4n) is 4.74. The van der Waals surface area contributed by atoms with E-state index in [1.54, 1.807) is 19.9 Å². The number of alkyl carbamates (subject to hydrolysis) is 1. The van der Waals surface area contributed by atoms with Crippen LogP contribution < -0.4 is 15.0 Å². The quantitative estimate of drug-likeness (QED) is 0.427. The molecule has 1 N–H and O–H groups in total. The number of rotatable bonds is 5. The second kappa shape index (κ2) is 10.9. The summed E-state index contributed by atoms with van der Waals surface area (Å²) < 4.78 is 94.5. The van der Waals surface area contributed by atoms with Gasteiger partial charge in [0.1, 0.15) is 5.75 Å². The van der Waals surface area contributed by atoms with Gasteiger partial charge in [-0.2, -0.15) is 26.3 Å². The van der Waals surface area contributed by atoms with Crippen LogP contribution in [0.2, 0.25) is 0 Å². The Morgan fingerprint density at radius 2 is 1.69 bits per heavy atom. The minimum absolute atomic E-state index is 0.0405. The largest absolute Gasteiger partial charge is 0.493 e. The molecule has 39 heavy (non-hydrogen) atoms. The second-order valence-corrected chi connectivity index (χ2v) is 9.27. The number of halogens is 6. The first kappa shape index (κ1) is 28.4. The molecule has 2 aliphatic heterocycles. The molecule has 0 fully saturated rings. The van der Waals surface area contributed by atoms with Gasteiger partial charge in [0.05, 0.1) is 42.7 Å². The fourth-order valence-corrected chi connectivity index (χ4v) is 4.74. The molecule has 13 heteroatoms. The molecular formula is C26H26F6N2O5. The molecule has 0 unspecified atom stereocenters. The zero-order valence-corrected chi connectivity index (χ0v) is 21.0. The number of nitrogens with one attached hydrogen (secondary N) is 1. The van der Waals surface area contributed by atoms with E-state index in [9.17, 15) is 35.9 Å². The van der Waals surface area contributed by atoms with Crippen LogP contribution in [0.1, 0.15) is 54.1 Å². The lowest BCUT2D eigenvalue weighted by Gasteiger charge is -2.38. The SMILES string of the molecule is CCOC(=O)N1c2cc3c(cc2[C@@H](NC(=O)OCCc2cc(C(F)(F)F)cc(C(F)(F)F)c2)C[C@H]1C)OCC3. The maximum Gasteiger partial charge on any atom is 0.416 e. The fraction of sp³-hybridized carbons (Fsp3) is 0.462. The van der Waals surface area contributed by atoms with E-state index in [1.807, 2.05) is 6.07 Å². The minimum Gasteiger partial charge on any atom is -0.493 e. The Morgan fingerprint density at radius 1 is 1.03 bits per heavy atom. The van der Waals surface area contributed by atoms with Crippen LogP contribution in [0, 0.1) is 0 Å². The van der Waals surface area contributed by atoms with Gasteiger partial charge >= 0.3 is 24.5 Å². The molecule has 0 aliphatic carbocycles. The van der Waals surface area contributed by atoms with Crippen LogP contribution in [0.3, 0.4) is 0 Å². The standard InChI is InChI=1S/C26H26F6N2O5/c1-3-37-24(36)34-14(2)8-20(19-13-22-16(5-7-38-22)11-21(19)34)33-23(35)39-6-4-15-9-17(25(27,28)29)12-18(10-15)26(30,31)32/h9-14,20H,3-8H2,1-2H3,(H,33,35)/t14-,20+/m1/s1. The summed E-state index contributed by atoms with van der Waals surface area (Å²) in [5.74, 6) is 0.622. The van der Waals surface area contributed by atoms with Gasteiger partial charge in [0.15, 0.2) is 0 Å². The molecule has 2 atom stereocenters. The molecule has 7 nitrogen and oxygen atoms in total. The molecule has 0 aromatic heterocycles. The summed E-state index contributed by atoms with van der Waals surface area (Å²) >= 11 is 0. The van der Waals surface area contributed by atoms with E-state index in [4.69, 9.17) is 14.2 Å². The van der Waals surface area contributed by atoms with Gasteiger partial charge < -0.3 is 19.5 Å². The molecule has 0 bridgehead atoms. The molecule has 2 aromatic rings. The third-order valence-electron chi connectivity index (χ3n) is 6.52. The van der Waals surface area contributed by atoms with Gasteiger partial charge in [-0.05, 0) is 61.7 Å². The molecular weight excluding hydrogens is 534 g/mol. The molecule has 2 aromatic carbocycles. The molecule has 212 valence electrons. The number of nitrogens with zero attached hydrogens (tertiary/aromatic N) is 1. The van der Waals surface area contributed by atoms with Crippen molar-refractivity contribution in [3.8, 4) is 5.75 Å². The Balaban J connectivity index is 1.47. The monoisotopic (exact) mass is 560 g/mol. The molecule has 0 spiro atoms. The highest BCUT2D eigenvalue weighted by Gasteiger charge is 2.38. The number of amides is 2. The zero-order valence-electron chi connectivity index (χ0n) is 21.0. The van der Waals surface area contributed by atoms with Crippen molar-refractivity contribution in [1.82, 2.24) is 5.32 Å². The lowest BCUT2D eigenvalue weighted by molar-refractivity contribution is -0.143. The van der Waals surface area contributed by atoms with E-state index in [-0.39, 0.29) is 30.7 Å². The summed E-state index contributed by atoms with van der Waals surface area (Å²) in [4.78, 5) is 26.8. The highest BCUT2D eigenvalue weighted by Crippen LogP contribution is 2.43. The van der Waals surface area contributed by atoms with Gasteiger partial charge in [-0.25, -0.2) is 9.59 Å². The summed E-state index contributed by atoms with van der Waals surface area (Å²) in [6, 6.07) is 3.82. The molecule has 4 rings (SSSR count). The van der Waals surface area contributed by atoms with Crippen LogP contribution in [0.4, 0.5) is 41.6 Å². The Bertz CT molecular complexity index is 1210. The van der Waals surface area contributed by atoms with Gasteiger partial charge in [0.2, 0.25) is 0 Å². The van der Waals surface area contributed by atoms with Crippen LogP contribution in [-0.2, 0) is 34.7 Å². The number of carbonyl (C=O) groups excluding carboxylic acids is 2. The number of fused-ring (bicyclic) bond motifs is 2. The topological polar surface area (TPSA) is 77.1 Å². The average molecular weight is 560 g/mol. The van der Waals surface area contributed by atoms with E-state index in [0.717, 1.165) is 5.56 Å². The predicted octanol–water partition coefficient (Wildman–Crippen LogP) is 6.42. The third kappa shape index (κ3) is 6.34. The first-order valence-electron chi connectivity index (χ1n) is 12.2. The zero-order chi connectivity index (χ0) is 28.5. The number of hydrogen-bond donors (Lipinski definition) is 1. The van der Waals surface area contributed by atoms with E-state index >= 15 is 0 Å². The highest BCUT2D eigenvalue weighted by molar-refractivity contribution is 5.91. The van der Waals surface area contributed by atoms with Gasteiger partial charge in [-0.15, -0.1) is 0 Å². The molecule has 2 aliphatic rings. The Labute approximate surface area is 220 Å². The maximum atomic E-state index is 13.1. The van der Waals surface area contributed by atoms with Gasteiger partial charge in [0, 0.05) is 24.4 Å². The van der Waals surface area contributed by atoms with E-state index < -0.39 is 48.3 Å². The third-order valence-corrected chi connectivity index (χ3v) is 6.52. The van der Waals surface area contributed by atoms with Crippen molar-refractivity contribution in [3.63, 3.8) is 0 Å². The Kier molecular flexibility index (Phi) is 7.89. The predicted molar refractivity (Wildman–Crippen MR) is 127 cm³/mol. The molecule has 0 saturated heterocycles. The number of alkyl halides is 6.